The highest BCUT2D eigenvalue weighted by Crippen LogP contribution is 2.37. The van der Waals surface area contributed by atoms with Crippen molar-refractivity contribution >= 4 is 39.1 Å². The number of para-hydroxylation sites is 1. The molecule has 2 aromatic carbocycles. The maximum atomic E-state index is 13.3. The van der Waals surface area contributed by atoms with E-state index in [-0.39, 0.29) is 5.91 Å². The van der Waals surface area contributed by atoms with E-state index in [1.165, 1.54) is 36.8 Å². The number of thioether (sulfide) groups is 1. The summed E-state index contributed by atoms with van der Waals surface area (Å²) in [5.74, 6) is 1.93. The largest absolute Gasteiger partial charge is 0.308 e. The fraction of sp³-hybridized carbons (Fsp3) is 0.409. The normalized spacial score (nSPS) is 16.0. The Labute approximate surface area is 177 Å². The summed E-state index contributed by atoms with van der Waals surface area (Å²) in [5.41, 5.74) is 2.92. The lowest BCUT2D eigenvalue weighted by Crippen LogP contribution is -2.32. The van der Waals surface area contributed by atoms with Crippen LogP contribution in [0.25, 0.3) is 0 Å². The number of amides is 1. The number of fused-ring (bicyclic) bond motifs is 1. The van der Waals surface area contributed by atoms with E-state index in [4.69, 9.17) is 0 Å². The lowest BCUT2D eigenvalue weighted by molar-refractivity contribution is 0.0990. The Hall–Kier alpha value is -1.99. The van der Waals surface area contributed by atoms with Gasteiger partial charge in [0, 0.05) is 24.2 Å². The van der Waals surface area contributed by atoms with Gasteiger partial charge >= 0.3 is 0 Å². The van der Waals surface area contributed by atoms with Crippen molar-refractivity contribution in [3.8, 4) is 0 Å². The van der Waals surface area contributed by atoms with Crippen molar-refractivity contribution in [2.75, 3.05) is 34.8 Å². The summed E-state index contributed by atoms with van der Waals surface area (Å²) >= 11 is 1.89. The summed E-state index contributed by atoms with van der Waals surface area (Å²) in [6, 6.07) is 13.2. The molecule has 1 fully saturated rings. The summed E-state index contributed by atoms with van der Waals surface area (Å²) in [7, 11) is -1.98. The second-order valence-corrected chi connectivity index (χ2v) is 11.0. The van der Waals surface area contributed by atoms with Gasteiger partial charge in [-0.25, -0.2) is 8.42 Å². The first-order chi connectivity index (χ1) is 13.8. The van der Waals surface area contributed by atoms with Crippen molar-refractivity contribution in [1.82, 2.24) is 0 Å². The van der Waals surface area contributed by atoms with Crippen LogP contribution < -0.4 is 9.21 Å². The number of anilines is 2. The summed E-state index contributed by atoms with van der Waals surface area (Å²) in [4.78, 5) is 16.3. The third kappa shape index (κ3) is 4.46. The average molecular weight is 431 g/mol. The molecule has 0 aromatic heterocycles. The Balaban J connectivity index is 1.54. The number of nitrogens with zero attached hydrogens (tertiary/aromatic N) is 2. The molecule has 0 atom stereocenters. The summed E-state index contributed by atoms with van der Waals surface area (Å²) in [6.45, 7) is 0.612. The lowest BCUT2D eigenvalue weighted by atomic mass is 10.1. The van der Waals surface area contributed by atoms with Gasteiger partial charge in [0.1, 0.15) is 0 Å². The second kappa shape index (κ2) is 8.03. The van der Waals surface area contributed by atoms with E-state index in [0.717, 1.165) is 34.3 Å². The van der Waals surface area contributed by atoms with Crippen LogP contribution in [-0.4, -0.2) is 39.9 Å². The van der Waals surface area contributed by atoms with Crippen LogP contribution in [0.4, 0.5) is 11.4 Å². The van der Waals surface area contributed by atoms with Crippen molar-refractivity contribution in [2.45, 2.75) is 30.6 Å². The molecule has 4 rings (SSSR count). The SMILES string of the molecule is CN(c1ccccc1C(=O)N1CCc2cc(SCCC3CC3)ccc21)S(C)(=O)=O. The number of hydrogen-bond donors (Lipinski definition) is 0. The van der Waals surface area contributed by atoms with Crippen LogP contribution >= 0.6 is 11.8 Å². The monoisotopic (exact) mass is 430 g/mol. The molecule has 154 valence electrons. The predicted molar refractivity (Wildman–Crippen MR) is 120 cm³/mol. The molecule has 2 aliphatic rings. The summed E-state index contributed by atoms with van der Waals surface area (Å²) < 4.78 is 25.2. The molecule has 0 radical (unpaired) electrons. The van der Waals surface area contributed by atoms with Crippen molar-refractivity contribution in [3.63, 3.8) is 0 Å². The van der Waals surface area contributed by atoms with Crippen molar-refractivity contribution < 1.29 is 13.2 Å². The predicted octanol–water partition coefficient (Wildman–Crippen LogP) is 4.18. The van der Waals surface area contributed by atoms with E-state index in [2.05, 4.69) is 12.1 Å². The molecule has 1 heterocycles. The van der Waals surface area contributed by atoms with Crippen LogP contribution in [0, 0.1) is 5.92 Å². The van der Waals surface area contributed by atoms with E-state index in [0.29, 0.717) is 17.8 Å². The topological polar surface area (TPSA) is 57.7 Å². The molecule has 1 aliphatic carbocycles. The van der Waals surface area contributed by atoms with Gasteiger partial charge in [-0.3, -0.25) is 9.10 Å². The first kappa shape index (κ1) is 20.3. The highest BCUT2D eigenvalue weighted by Gasteiger charge is 2.29. The number of sulfonamides is 1. The molecule has 1 aliphatic heterocycles. The Morgan fingerprint density at radius 1 is 1.21 bits per heavy atom. The fourth-order valence-electron chi connectivity index (χ4n) is 3.68. The Kier molecular flexibility index (Phi) is 5.62. The zero-order valence-corrected chi connectivity index (χ0v) is 18.4. The standard InChI is InChI=1S/C22H26N2O3S2/c1-23(29(2,26)27)21-6-4-3-5-19(21)22(25)24-13-11-17-15-18(9-10-20(17)24)28-14-12-16-7-8-16/h3-6,9-10,15-16H,7-8,11-14H2,1-2H3. The summed E-state index contributed by atoms with van der Waals surface area (Å²) in [5, 5.41) is 0. The third-order valence-electron chi connectivity index (χ3n) is 5.65. The minimum Gasteiger partial charge on any atom is -0.308 e. The van der Waals surface area contributed by atoms with Gasteiger partial charge in [-0.15, -0.1) is 11.8 Å². The highest BCUT2D eigenvalue weighted by atomic mass is 32.2. The Morgan fingerprint density at radius 2 is 1.97 bits per heavy atom. The first-order valence-corrected chi connectivity index (χ1v) is 12.8. The van der Waals surface area contributed by atoms with E-state index >= 15 is 0 Å². The number of carbonyl (C=O) groups is 1. The van der Waals surface area contributed by atoms with Crippen LogP contribution in [0.15, 0.2) is 47.4 Å². The van der Waals surface area contributed by atoms with E-state index < -0.39 is 10.0 Å². The Bertz CT molecular complexity index is 1030. The Morgan fingerprint density at radius 3 is 2.69 bits per heavy atom. The first-order valence-electron chi connectivity index (χ1n) is 9.95. The molecule has 0 bridgehead atoms. The van der Waals surface area contributed by atoms with Crippen LogP contribution in [-0.2, 0) is 16.4 Å². The number of carbonyl (C=O) groups excluding carboxylic acids is 1. The maximum Gasteiger partial charge on any atom is 0.260 e. The smallest absolute Gasteiger partial charge is 0.260 e. The van der Waals surface area contributed by atoms with E-state index in [1.807, 2.05) is 17.8 Å². The molecule has 5 nitrogen and oxygen atoms in total. The molecule has 0 saturated heterocycles. The van der Waals surface area contributed by atoms with Gasteiger partial charge < -0.3 is 4.90 Å². The number of benzene rings is 2. The molecular weight excluding hydrogens is 404 g/mol. The molecular formula is C22H26N2O3S2. The van der Waals surface area contributed by atoms with Crippen molar-refractivity contribution in [2.24, 2.45) is 5.92 Å². The van der Waals surface area contributed by atoms with Gasteiger partial charge in [0.25, 0.3) is 5.91 Å². The van der Waals surface area contributed by atoms with Gasteiger partial charge in [-0.2, -0.15) is 0 Å². The molecule has 1 saturated carbocycles. The molecule has 29 heavy (non-hydrogen) atoms. The average Bonchev–Trinajstić information content (AvgIpc) is 3.43. The second-order valence-electron chi connectivity index (χ2n) is 7.83. The van der Waals surface area contributed by atoms with Gasteiger partial charge in [0.05, 0.1) is 17.5 Å². The van der Waals surface area contributed by atoms with E-state index in [9.17, 15) is 13.2 Å². The van der Waals surface area contributed by atoms with Gasteiger partial charge in [0.15, 0.2) is 0 Å². The van der Waals surface area contributed by atoms with Gasteiger partial charge in [-0.1, -0.05) is 25.0 Å². The molecule has 1 amide bonds. The van der Waals surface area contributed by atoms with E-state index in [1.54, 1.807) is 29.2 Å². The molecule has 0 spiro atoms. The fourth-order valence-corrected chi connectivity index (χ4v) is 5.28. The molecule has 2 aromatic rings. The van der Waals surface area contributed by atoms with Crippen LogP contribution in [0.5, 0.6) is 0 Å². The molecule has 0 N–H and O–H groups in total. The van der Waals surface area contributed by atoms with Crippen LogP contribution in [0.3, 0.4) is 0 Å². The molecule has 0 unspecified atom stereocenters. The van der Waals surface area contributed by atoms with Gasteiger partial charge in [-0.05, 0) is 60.4 Å². The minimum absolute atomic E-state index is 0.163. The van der Waals surface area contributed by atoms with Crippen molar-refractivity contribution in [1.29, 1.82) is 0 Å². The number of hydrogen-bond acceptors (Lipinski definition) is 4. The van der Waals surface area contributed by atoms with Gasteiger partial charge in [0.2, 0.25) is 10.0 Å². The summed E-state index contributed by atoms with van der Waals surface area (Å²) in [6.07, 6.45) is 6.02. The zero-order chi connectivity index (χ0) is 20.6. The number of rotatable bonds is 7. The van der Waals surface area contributed by atoms with Crippen molar-refractivity contribution in [3.05, 3.63) is 53.6 Å². The molecule has 7 heteroatoms. The lowest BCUT2D eigenvalue weighted by Gasteiger charge is -2.23. The zero-order valence-electron chi connectivity index (χ0n) is 16.8. The quantitative estimate of drug-likeness (QED) is 0.619. The van der Waals surface area contributed by atoms with Crippen LogP contribution in [0.1, 0.15) is 35.2 Å². The minimum atomic E-state index is -3.45. The van der Waals surface area contributed by atoms with Crippen LogP contribution in [0.2, 0.25) is 0 Å². The highest BCUT2D eigenvalue weighted by molar-refractivity contribution is 7.99. The maximum absolute atomic E-state index is 13.3. The third-order valence-corrected chi connectivity index (χ3v) is 7.87.